The molecular formula is C15H14BrN5O3. The molecule has 0 spiro atoms. The fourth-order valence-corrected chi connectivity index (χ4v) is 2.75. The highest BCUT2D eigenvalue weighted by atomic mass is 79.9. The molecule has 0 unspecified atom stereocenters. The van der Waals surface area contributed by atoms with Crippen molar-refractivity contribution in [3.63, 3.8) is 0 Å². The van der Waals surface area contributed by atoms with Crippen molar-refractivity contribution >= 4 is 33.3 Å². The van der Waals surface area contributed by atoms with Gasteiger partial charge in [0, 0.05) is 19.7 Å². The van der Waals surface area contributed by atoms with Crippen LogP contribution < -0.4 is 0 Å². The Bertz CT molecular complexity index is 930. The van der Waals surface area contributed by atoms with Crippen molar-refractivity contribution in [2.45, 2.75) is 13.3 Å². The lowest BCUT2D eigenvalue weighted by atomic mass is 10.1. The second kappa shape index (κ2) is 6.52. The Hall–Kier alpha value is -2.55. The van der Waals surface area contributed by atoms with E-state index in [1.165, 1.54) is 10.9 Å². The van der Waals surface area contributed by atoms with Gasteiger partial charge in [-0.3, -0.25) is 9.48 Å². The number of nitrogens with zero attached hydrogens (tertiary/aromatic N) is 5. The van der Waals surface area contributed by atoms with Crippen molar-refractivity contribution in [1.29, 1.82) is 0 Å². The van der Waals surface area contributed by atoms with E-state index in [1.54, 1.807) is 36.8 Å². The molecule has 3 heterocycles. The summed E-state index contributed by atoms with van der Waals surface area (Å²) < 4.78 is 8.44. The van der Waals surface area contributed by atoms with Gasteiger partial charge in [0.05, 0.1) is 12.8 Å². The summed E-state index contributed by atoms with van der Waals surface area (Å²) in [6.45, 7) is 1.95. The molecule has 3 aromatic heterocycles. The van der Waals surface area contributed by atoms with E-state index in [9.17, 15) is 9.59 Å². The minimum absolute atomic E-state index is 0.118. The Labute approximate surface area is 145 Å². The number of Topliss-reactive ketones (excluding diaryl/α,β-unsaturated/α-hetero) is 1. The Morgan fingerprint density at radius 2 is 2.17 bits per heavy atom. The highest BCUT2D eigenvalue weighted by molar-refractivity contribution is 9.10. The van der Waals surface area contributed by atoms with Crippen molar-refractivity contribution < 1.29 is 14.3 Å². The number of aryl methyl sites for hydroxylation is 1. The molecule has 3 rings (SSSR count). The number of fused-ring (bicyclic) bond motifs is 1. The van der Waals surface area contributed by atoms with Crippen LogP contribution in [0.3, 0.4) is 0 Å². The third-order valence-corrected chi connectivity index (χ3v) is 3.77. The average molecular weight is 392 g/mol. The van der Waals surface area contributed by atoms with Crippen LogP contribution in [0.25, 0.3) is 5.65 Å². The first-order valence-electron chi connectivity index (χ1n) is 7.22. The number of rotatable bonds is 5. The number of hydrogen-bond donors (Lipinski definition) is 0. The van der Waals surface area contributed by atoms with Crippen LogP contribution in [0.4, 0.5) is 0 Å². The summed E-state index contributed by atoms with van der Waals surface area (Å²) in [7, 11) is 1.62. The zero-order valence-electron chi connectivity index (χ0n) is 13.1. The molecule has 0 N–H and O–H groups in total. The second-order valence-corrected chi connectivity index (χ2v) is 5.78. The molecule has 9 heteroatoms. The lowest BCUT2D eigenvalue weighted by Crippen LogP contribution is -2.15. The Morgan fingerprint density at radius 1 is 1.38 bits per heavy atom. The second-order valence-electron chi connectivity index (χ2n) is 5.07. The smallest absolute Gasteiger partial charge is 0.342 e. The minimum atomic E-state index is -0.550. The minimum Gasteiger partial charge on any atom is -0.462 e. The molecule has 24 heavy (non-hydrogen) atoms. The normalized spacial score (nSPS) is 11.0. The van der Waals surface area contributed by atoms with Crippen LogP contribution in [0.5, 0.6) is 0 Å². The molecule has 0 aliphatic rings. The van der Waals surface area contributed by atoms with Gasteiger partial charge in [0.2, 0.25) is 4.73 Å². The van der Waals surface area contributed by atoms with Crippen molar-refractivity contribution in [2.24, 2.45) is 7.05 Å². The monoisotopic (exact) mass is 391 g/mol. The molecule has 8 nitrogen and oxygen atoms in total. The van der Waals surface area contributed by atoms with E-state index < -0.39 is 5.97 Å². The summed E-state index contributed by atoms with van der Waals surface area (Å²) >= 11 is 3.21. The van der Waals surface area contributed by atoms with Gasteiger partial charge >= 0.3 is 5.97 Å². The van der Waals surface area contributed by atoms with Gasteiger partial charge < -0.3 is 4.74 Å². The van der Waals surface area contributed by atoms with E-state index in [-0.39, 0.29) is 30.1 Å². The van der Waals surface area contributed by atoms with Crippen LogP contribution >= 0.6 is 15.9 Å². The lowest BCUT2D eigenvalue weighted by molar-refractivity contribution is 0.0522. The number of ketones is 1. The van der Waals surface area contributed by atoms with Gasteiger partial charge in [-0.05, 0) is 40.5 Å². The van der Waals surface area contributed by atoms with Crippen molar-refractivity contribution in [3.8, 4) is 0 Å². The predicted octanol–water partition coefficient (Wildman–Crippen LogP) is 1.83. The summed E-state index contributed by atoms with van der Waals surface area (Å²) in [5.41, 5.74) is 1.80. The van der Waals surface area contributed by atoms with E-state index >= 15 is 0 Å². The van der Waals surface area contributed by atoms with Crippen molar-refractivity contribution in [1.82, 2.24) is 24.4 Å². The third kappa shape index (κ3) is 3.07. The fourth-order valence-electron chi connectivity index (χ4n) is 2.40. The van der Waals surface area contributed by atoms with E-state index in [0.29, 0.717) is 10.4 Å². The van der Waals surface area contributed by atoms with Gasteiger partial charge in [0.1, 0.15) is 11.3 Å². The molecule has 0 atom stereocenters. The summed E-state index contributed by atoms with van der Waals surface area (Å²) in [5.74, 6) is -0.772. The van der Waals surface area contributed by atoms with Gasteiger partial charge in [-0.15, -0.1) is 5.10 Å². The van der Waals surface area contributed by atoms with E-state index in [1.807, 2.05) is 0 Å². The maximum Gasteiger partial charge on any atom is 0.342 e. The number of aromatic nitrogens is 5. The Kier molecular flexibility index (Phi) is 4.43. The SMILES string of the molecule is CCOC(=O)c1cnn(C)c1C(=O)Cc1ccn2nc(Br)nc2c1. The average Bonchev–Trinajstić information content (AvgIpc) is 3.09. The molecular weight excluding hydrogens is 378 g/mol. The maximum atomic E-state index is 12.6. The fraction of sp³-hybridized carbons (Fsp3) is 0.267. The molecule has 0 fully saturated rings. The van der Waals surface area contributed by atoms with Gasteiger partial charge in [0.15, 0.2) is 11.4 Å². The molecule has 0 aliphatic heterocycles. The number of ether oxygens (including phenoxy) is 1. The van der Waals surface area contributed by atoms with Crippen molar-refractivity contribution in [3.05, 3.63) is 46.1 Å². The lowest BCUT2D eigenvalue weighted by Gasteiger charge is -2.06. The van der Waals surface area contributed by atoms with Gasteiger partial charge in [-0.25, -0.2) is 14.3 Å². The molecule has 0 bridgehead atoms. The summed E-state index contributed by atoms with van der Waals surface area (Å²) in [4.78, 5) is 28.8. The summed E-state index contributed by atoms with van der Waals surface area (Å²) in [6.07, 6.45) is 3.20. The highest BCUT2D eigenvalue weighted by Crippen LogP contribution is 2.15. The van der Waals surface area contributed by atoms with Gasteiger partial charge in [-0.1, -0.05) is 0 Å². The summed E-state index contributed by atoms with van der Waals surface area (Å²) in [6, 6.07) is 3.56. The Morgan fingerprint density at radius 3 is 2.92 bits per heavy atom. The number of esters is 1. The van der Waals surface area contributed by atoms with Crippen LogP contribution in [-0.2, 0) is 18.2 Å². The first-order valence-corrected chi connectivity index (χ1v) is 8.02. The topological polar surface area (TPSA) is 91.4 Å². The Balaban J connectivity index is 1.88. The molecule has 0 aliphatic carbocycles. The zero-order valence-corrected chi connectivity index (χ0v) is 14.6. The predicted molar refractivity (Wildman–Crippen MR) is 87.9 cm³/mol. The van der Waals surface area contributed by atoms with Crippen LogP contribution in [0.1, 0.15) is 33.3 Å². The molecule has 0 amide bonds. The first-order chi connectivity index (χ1) is 11.5. The zero-order chi connectivity index (χ0) is 17.3. The van der Waals surface area contributed by atoms with Crippen LogP contribution in [0, 0.1) is 0 Å². The van der Waals surface area contributed by atoms with Gasteiger partial charge in [-0.2, -0.15) is 5.10 Å². The number of carbonyl (C=O) groups excluding carboxylic acids is 2. The van der Waals surface area contributed by atoms with Crippen molar-refractivity contribution in [2.75, 3.05) is 6.61 Å². The number of carbonyl (C=O) groups is 2. The molecule has 3 aromatic rings. The third-order valence-electron chi connectivity index (χ3n) is 3.44. The van der Waals surface area contributed by atoms with E-state index in [0.717, 1.165) is 5.56 Å². The maximum absolute atomic E-state index is 12.6. The molecule has 0 saturated heterocycles. The van der Waals surface area contributed by atoms with Crippen LogP contribution in [-0.4, -0.2) is 42.7 Å². The number of halogens is 1. The first kappa shape index (κ1) is 16.3. The van der Waals surface area contributed by atoms with E-state index in [4.69, 9.17) is 4.74 Å². The summed E-state index contributed by atoms with van der Waals surface area (Å²) in [5, 5.41) is 8.12. The quantitative estimate of drug-likeness (QED) is 0.486. The molecule has 0 aromatic carbocycles. The molecule has 124 valence electrons. The number of pyridine rings is 1. The van der Waals surface area contributed by atoms with E-state index in [2.05, 4.69) is 31.1 Å². The van der Waals surface area contributed by atoms with Crippen LogP contribution in [0.2, 0.25) is 0 Å². The molecule has 0 radical (unpaired) electrons. The largest absolute Gasteiger partial charge is 0.462 e. The number of hydrogen-bond acceptors (Lipinski definition) is 6. The van der Waals surface area contributed by atoms with Gasteiger partial charge in [0.25, 0.3) is 0 Å². The van der Waals surface area contributed by atoms with Crippen LogP contribution in [0.15, 0.2) is 29.3 Å². The molecule has 0 saturated carbocycles. The standard InChI is InChI=1S/C15H14BrN5O3/c1-3-24-14(23)10-8-17-20(2)13(10)11(22)6-9-4-5-21-12(7-9)18-15(16)19-21/h4-5,7-8H,3,6H2,1-2H3. The highest BCUT2D eigenvalue weighted by Gasteiger charge is 2.23.